The average molecular weight is 529 g/mol. The van der Waals surface area contributed by atoms with Crippen LogP contribution in [0.1, 0.15) is 29.8 Å². The summed E-state index contributed by atoms with van der Waals surface area (Å²) < 4.78 is 41.9. The number of allylic oxidation sites excluding steroid dienone is 2. The lowest BCUT2D eigenvalue weighted by atomic mass is 9.93. The van der Waals surface area contributed by atoms with Gasteiger partial charge in [0.15, 0.2) is 5.69 Å². The number of alkyl halides is 3. The molecule has 0 amide bonds. The molecule has 0 spiro atoms. The zero-order chi connectivity index (χ0) is 25.6. The fraction of sp³-hybridized carbons (Fsp3) is 0.148. The van der Waals surface area contributed by atoms with E-state index in [2.05, 4.69) is 28.4 Å². The second-order valence-corrected chi connectivity index (χ2v) is 9.38. The van der Waals surface area contributed by atoms with Gasteiger partial charge in [-0.05, 0) is 41.0 Å². The smallest absolute Gasteiger partial charge is 0.381 e. The number of hydrogen-bond acceptors (Lipinski definition) is 3. The van der Waals surface area contributed by atoms with Crippen molar-refractivity contribution in [3.8, 4) is 0 Å². The van der Waals surface area contributed by atoms with Crippen LogP contribution in [-0.4, -0.2) is 9.78 Å². The van der Waals surface area contributed by atoms with Crippen LogP contribution in [0.25, 0.3) is 10.8 Å². The van der Waals surface area contributed by atoms with Crippen LogP contribution in [0.4, 0.5) is 19.0 Å². The third-order valence-corrected chi connectivity index (χ3v) is 6.96. The van der Waals surface area contributed by atoms with E-state index in [-0.39, 0.29) is 5.82 Å². The van der Waals surface area contributed by atoms with Crippen LogP contribution >= 0.6 is 23.2 Å². The quantitative estimate of drug-likeness (QED) is 0.276. The number of fused-ring (bicyclic) bond motifs is 2. The van der Waals surface area contributed by atoms with Crippen molar-refractivity contribution in [2.24, 2.45) is 0 Å². The highest BCUT2D eigenvalue weighted by Gasteiger charge is 2.38. The Hall–Kier alpha value is -3.42. The molecule has 1 aromatic heterocycles. The number of anilines is 1. The molecule has 1 atom stereocenters. The first kappa shape index (κ1) is 24.3. The van der Waals surface area contributed by atoms with E-state index < -0.39 is 17.9 Å². The standard InChI is InChI=1S/C27H21Cl2F3N4/c1-15(33-14-19-8-5-7-17-6-3-4-9-20(17)19)25-16(2)34-24-13-23(27(30,31)32)35-36(24)26(25)18-10-11-21(28)22(29)12-18/h3-13,26,33-34H,1,14H2,2H3. The maximum atomic E-state index is 13.5. The molecule has 3 aromatic carbocycles. The van der Waals surface area contributed by atoms with Gasteiger partial charge >= 0.3 is 6.18 Å². The number of nitrogens with one attached hydrogen (secondary N) is 2. The van der Waals surface area contributed by atoms with Gasteiger partial charge in [0.2, 0.25) is 0 Å². The summed E-state index contributed by atoms with van der Waals surface area (Å²) in [7, 11) is 0. The molecule has 184 valence electrons. The van der Waals surface area contributed by atoms with E-state index in [4.69, 9.17) is 23.2 Å². The maximum Gasteiger partial charge on any atom is 0.435 e. The number of halogens is 5. The Labute approximate surface area is 216 Å². The summed E-state index contributed by atoms with van der Waals surface area (Å²) in [4.78, 5) is 0. The number of hydrogen-bond donors (Lipinski definition) is 2. The molecule has 5 rings (SSSR count). The van der Waals surface area contributed by atoms with E-state index in [0.717, 1.165) is 22.4 Å². The Morgan fingerprint density at radius 3 is 2.56 bits per heavy atom. The van der Waals surface area contributed by atoms with Gasteiger partial charge in [-0.3, -0.25) is 0 Å². The minimum Gasteiger partial charge on any atom is -0.381 e. The van der Waals surface area contributed by atoms with E-state index in [1.807, 2.05) is 36.4 Å². The molecule has 0 bridgehead atoms. The molecule has 0 aliphatic carbocycles. The molecule has 2 N–H and O–H groups in total. The Kier molecular flexibility index (Phi) is 6.22. The first-order valence-electron chi connectivity index (χ1n) is 11.1. The van der Waals surface area contributed by atoms with Crippen LogP contribution in [0, 0.1) is 0 Å². The van der Waals surface area contributed by atoms with Gasteiger partial charge in [-0.1, -0.05) is 78.3 Å². The first-order chi connectivity index (χ1) is 17.1. The van der Waals surface area contributed by atoms with E-state index in [9.17, 15) is 13.2 Å². The van der Waals surface area contributed by atoms with E-state index in [1.165, 1.54) is 4.68 Å². The lowest BCUT2D eigenvalue weighted by Crippen LogP contribution is -2.29. The average Bonchev–Trinajstić information content (AvgIpc) is 3.27. The zero-order valence-electron chi connectivity index (χ0n) is 19.1. The number of aromatic nitrogens is 2. The van der Waals surface area contributed by atoms with E-state index >= 15 is 0 Å². The Morgan fingerprint density at radius 1 is 1.06 bits per heavy atom. The SMILES string of the molecule is C=C(NCc1cccc2ccccc12)C1=C(C)Nc2cc(C(F)(F)F)nn2C1c1ccc(Cl)c(Cl)c1. The molecule has 0 saturated carbocycles. The van der Waals surface area contributed by atoms with Gasteiger partial charge in [0.05, 0.1) is 10.0 Å². The summed E-state index contributed by atoms with van der Waals surface area (Å²) in [5, 5.41) is 13.2. The van der Waals surface area contributed by atoms with Crippen molar-refractivity contribution in [3.63, 3.8) is 0 Å². The summed E-state index contributed by atoms with van der Waals surface area (Å²) in [6.07, 6.45) is -4.59. The number of benzene rings is 3. The van der Waals surface area contributed by atoms with Crippen molar-refractivity contribution in [2.75, 3.05) is 5.32 Å². The molecule has 0 radical (unpaired) electrons. The van der Waals surface area contributed by atoms with Crippen molar-refractivity contribution in [1.29, 1.82) is 0 Å². The van der Waals surface area contributed by atoms with E-state index in [0.29, 0.717) is 39.1 Å². The normalized spacial score (nSPS) is 15.6. The van der Waals surface area contributed by atoms with Gasteiger partial charge in [0.1, 0.15) is 11.9 Å². The van der Waals surface area contributed by atoms with Crippen LogP contribution in [-0.2, 0) is 12.7 Å². The molecule has 9 heteroatoms. The molecule has 4 aromatic rings. The molecule has 36 heavy (non-hydrogen) atoms. The molecule has 1 unspecified atom stereocenters. The molecule has 0 fully saturated rings. The second kappa shape index (κ2) is 9.22. The fourth-order valence-corrected chi connectivity index (χ4v) is 4.84. The van der Waals surface area contributed by atoms with Gasteiger partial charge in [0.25, 0.3) is 0 Å². The molecule has 1 aliphatic rings. The third kappa shape index (κ3) is 4.45. The lowest BCUT2D eigenvalue weighted by Gasteiger charge is -2.32. The topological polar surface area (TPSA) is 41.9 Å². The summed E-state index contributed by atoms with van der Waals surface area (Å²) >= 11 is 12.4. The van der Waals surface area contributed by atoms with Crippen molar-refractivity contribution >= 4 is 39.8 Å². The Balaban J connectivity index is 1.54. The van der Waals surface area contributed by atoms with Crippen LogP contribution < -0.4 is 10.6 Å². The van der Waals surface area contributed by atoms with Crippen LogP contribution in [0.5, 0.6) is 0 Å². The number of nitrogens with zero attached hydrogens (tertiary/aromatic N) is 2. The highest BCUT2D eigenvalue weighted by molar-refractivity contribution is 6.42. The van der Waals surface area contributed by atoms with Crippen molar-refractivity contribution < 1.29 is 13.2 Å². The lowest BCUT2D eigenvalue weighted by molar-refractivity contribution is -0.141. The fourth-order valence-electron chi connectivity index (χ4n) is 4.54. The number of rotatable bonds is 5. The molecule has 0 saturated heterocycles. The van der Waals surface area contributed by atoms with Crippen LogP contribution in [0.3, 0.4) is 0 Å². The predicted molar refractivity (Wildman–Crippen MR) is 138 cm³/mol. The summed E-state index contributed by atoms with van der Waals surface area (Å²) in [6.45, 7) is 6.51. The minimum atomic E-state index is -4.59. The zero-order valence-corrected chi connectivity index (χ0v) is 20.6. The molecular formula is C27H21Cl2F3N4. The molecule has 4 nitrogen and oxygen atoms in total. The van der Waals surface area contributed by atoms with Gasteiger partial charge in [-0.15, -0.1) is 0 Å². The molecule has 2 heterocycles. The second-order valence-electron chi connectivity index (χ2n) is 8.57. The van der Waals surface area contributed by atoms with Crippen molar-refractivity contribution in [3.05, 3.63) is 117 Å². The first-order valence-corrected chi connectivity index (χ1v) is 11.9. The van der Waals surface area contributed by atoms with Gasteiger partial charge in [0, 0.05) is 29.6 Å². The summed E-state index contributed by atoms with van der Waals surface area (Å²) in [6, 6.07) is 19.4. The van der Waals surface area contributed by atoms with Crippen LogP contribution in [0.15, 0.2) is 90.3 Å². The largest absolute Gasteiger partial charge is 0.435 e. The summed E-state index contributed by atoms with van der Waals surface area (Å²) in [5.41, 5.74) is 2.59. The van der Waals surface area contributed by atoms with Gasteiger partial charge in [-0.2, -0.15) is 18.3 Å². The van der Waals surface area contributed by atoms with Crippen molar-refractivity contribution in [2.45, 2.75) is 25.7 Å². The molecular weight excluding hydrogens is 508 g/mol. The highest BCUT2D eigenvalue weighted by Crippen LogP contribution is 2.42. The predicted octanol–water partition coefficient (Wildman–Crippen LogP) is 7.95. The monoisotopic (exact) mass is 528 g/mol. The minimum absolute atomic E-state index is 0.224. The van der Waals surface area contributed by atoms with Gasteiger partial charge < -0.3 is 10.6 Å². The highest BCUT2D eigenvalue weighted by atomic mass is 35.5. The maximum absolute atomic E-state index is 13.5. The molecule has 1 aliphatic heterocycles. The van der Waals surface area contributed by atoms with Crippen molar-refractivity contribution in [1.82, 2.24) is 15.1 Å². The van der Waals surface area contributed by atoms with Gasteiger partial charge in [-0.25, -0.2) is 4.68 Å². The Bertz CT molecular complexity index is 1520. The van der Waals surface area contributed by atoms with E-state index in [1.54, 1.807) is 25.1 Å². The Morgan fingerprint density at radius 2 is 1.81 bits per heavy atom. The van der Waals surface area contributed by atoms with Crippen LogP contribution in [0.2, 0.25) is 10.0 Å². The third-order valence-electron chi connectivity index (χ3n) is 6.22. The summed E-state index contributed by atoms with van der Waals surface area (Å²) in [5.74, 6) is 0.224.